The second kappa shape index (κ2) is 6.42. The van der Waals surface area contributed by atoms with Gasteiger partial charge in [-0.2, -0.15) is 0 Å². The van der Waals surface area contributed by atoms with Gasteiger partial charge >= 0.3 is 0 Å². The zero-order valence-corrected chi connectivity index (χ0v) is 14.8. The summed E-state index contributed by atoms with van der Waals surface area (Å²) in [5, 5.41) is 6.59. The minimum Gasteiger partial charge on any atom is -0.375 e. The maximum Gasteiger partial charge on any atom is 0.253 e. The highest BCUT2D eigenvalue weighted by Crippen LogP contribution is 2.32. The van der Waals surface area contributed by atoms with E-state index in [9.17, 15) is 9.59 Å². The van der Waals surface area contributed by atoms with Crippen molar-refractivity contribution in [2.24, 2.45) is 0 Å². The Kier molecular flexibility index (Phi) is 4.48. The van der Waals surface area contributed by atoms with Crippen LogP contribution in [0, 0.1) is 13.8 Å². The van der Waals surface area contributed by atoms with Crippen molar-refractivity contribution in [2.75, 3.05) is 10.6 Å². The zero-order valence-electron chi connectivity index (χ0n) is 14.8. The molecule has 3 rings (SSSR count). The Hall–Kier alpha value is -2.10. The summed E-state index contributed by atoms with van der Waals surface area (Å²) in [5.41, 5.74) is 3.10. The van der Waals surface area contributed by atoms with Gasteiger partial charge in [0.15, 0.2) is 0 Å². The quantitative estimate of drug-likeness (QED) is 0.654. The van der Waals surface area contributed by atoms with Crippen molar-refractivity contribution in [2.45, 2.75) is 64.8 Å². The second-order valence-corrected chi connectivity index (χ2v) is 7.38. The first-order valence-corrected chi connectivity index (χ1v) is 8.86. The first kappa shape index (κ1) is 16.7. The van der Waals surface area contributed by atoms with E-state index in [0.717, 1.165) is 29.7 Å². The van der Waals surface area contributed by atoms with Crippen molar-refractivity contribution in [3.63, 3.8) is 0 Å². The van der Waals surface area contributed by atoms with Crippen molar-refractivity contribution >= 4 is 17.1 Å². The van der Waals surface area contributed by atoms with Gasteiger partial charge < -0.3 is 10.6 Å². The van der Waals surface area contributed by atoms with Gasteiger partial charge in [-0.15, -0.1) is 0 Å². The molecule has 2 aromatic carbocycles. The lowest BCUT2D eigenvalue weighted by Crippen LogP contribution is -2.43. The minimum atomic E-state index is -0.421. The third kappa shape index (κ3) is 3.10. The van der Waals surface area contributed by atoms with E-state index in [0.29, 0.717) is 11.4 Å². The maximum absolute atomic E-state index is 12.1. The van der Waals surface area contributed by atoms with E-state index in [1.807, 2.05) is 32.0 Å². The Morgan fingerprint density at radius 3 is 2.21 bits per heavy atom. The molecule has 0 atom stereocenters. The Labute approximate surface area is 143 Å². The van der Waals surface area contributed by atoms with Crippen LogP contribution in [0.3, 0.4) is 0 Å². The van der Waals surface area contributed by atoms with Crippen molar-refractivity contribution in [1.82, 2.24) is 0 Å². The molecule has 0 bridgehead atoms. The van der Waals surface area contributed by atoms with E-state index >= 15 is 0 Å². The summed E-state index contributed by atoms with van der Waals surface area (Å²) >= 11 is 0. The predicted octanol–water partition coefficient (Wildman–Crippen LogP) is 4.17. The molecule has 2 aromatic rings. The largest absolute Gasteiger partial charge is 0.375 e. The molecule has 4 nitrogen and oxygen atoms in total. The zero-order chi connectivity index (χ0) is 17.3. The van der Waals surface area contributed by atoms with E-state index in [2.05, 4.69) is 17.6 Å². The Morgan fingerprint density at radius 1 is 0.917 bits per heavy atom. The molecule has 0 heterocycles. The molecule has 1 saturated carbocycles. The number of benzene rings is 1. The van der Waals surface area contributed by atoms with Crippen LogP contribution in [0.25, 0.3) is 0 Å². The number of rotatable bonds is 4. The van der Waals surface area contributed by atoms with E-state index in [4.69, 9.17) is 0 Å². The molecular formula is C20H26N2O2. The van der Waals surface area contributed by atoms with Gasteiger partial charge in [0.25, 0.3) is 10.9 Å². The lowest BCUT2D eigenvalue weighted by Gasteiger charge is -2.32. The highest BCUT2D eigenvalue weighted by Gasteiger charge is 2.31. The summed E-state index contributed by atoms with van der Waals surface area (Å²) in [4.78, 5) is 24.2. The van der Waals surface area contributed by atoms with Crippen molar-refractivity contribution in [3.8, 4) is 0 Å². The van der Waals surface area contributed by atoms with Crippen LogP contribution < -0.4 is 21.5 Å². The monoisotopic (exact) mass is 326 g/mol. The van der Waals surface area contributed by atoms with Gasteiger partial charge in [-0.25, -0.2) is 0 Å². The summed E-state index contributed by atoms with van der Waals surface area (Å²) in [6.07, 6.45) is 6.90. The third-order valence-corrected chi connectivity index (χ3v) is 5.41. The van der Waals surface area contributed by atoms with Gasteiger partial charge in [0, 0.05) is 11.2 Å². The molecule has 24 heavy (non-hydrogen) atoms. The molecule has 1 aliphatic carbocycles. The summed E-state index contributed by atoms with van der Waals surface area (Å²) < 4.78 is 0. The molecule has 0 amide bonds. The fourth-order valence-corrected chi connectivity index (χ4v) is 3.59. The Bertz CT molecular complexity index is 808. The predicted molar refractivity (Wildman–Crippen MR) is 100 cm³/mol. The molecule has 0 radical (unpaired) electrons. The Morgan fingerprint density at radius 2 is 1.54 bits per heavy atom. The smallest absolute Gasteiger partial charge is 0.253 e. The van der Waals surface area contributed by atoms with Crippen LogP contribution in [-0.2, 0) is 0 Å². The van der Waals surface area contributed by atoms with Gasteiger partial charge in [-0.1, -0.05) is 37.8 Å². The van der Waals surface area contributed by atoms with E-state index < -0.39 is 10.9 Å². The molecule has 0 aromatic heterocycles. The van der Waals surface area contributed by atoms with Crippen LogP contribution in [0.2, 0.25) is 0 Å². The molecular weight excluding hydrogens is 300 g/mol. The normalized spacial score (nSPS) is 17.5. The molecule has 0 unspecified atom stereocenters. The highest BCUT2D eigenvalue weighted by molar-refractivity contribution is 5.80. The number of hydrogen-bond donors (Lipinski definition) is 2. The van der Waals surface area contributed by atoms with Crippen LogP contribution >= 0.6 is 0 Å². The average molecular weight is 326 g/mol. The molecule has 128 valence electrons. The average Bonchev–Trinajstić information content (AvgIpc) is 2.79. The summed E-state index contributed by atoms with van der Waals surface area (Å²) in [7, 11) is 0. The van der Waals surface area contributed by atoms with Crippen molar-refractivity contribution in [1.29, 1.82) is 0 Å². The second-order valence-electron chi connectivity index (χ2n) is 7.38. The lowest BCUT2D eigenvalue weighted by atomic mass is 9.91. The van der Waals surface area contributed by atoms with E-state index in [1.165, 1.54) is 25.7 Å². The summed E-state index contributed by atoms with van der Waals surface area (Å²) in [6, 6.07) is 5.93. The standard InChI is InChI=1S/C20H26N2O2/c1-13-9-8-10-15(14(13)2)21-16-17(19(24)18(16)23)22-20(3)11-6-4-5-7-12-20/h8-10,21-22H,4-7,11-12H2,1-3H3. The molecule has 4 heteroatoms. The number of hydrogen-bond acceptors (Lipinski definition) is 4. The van der Waals surface area contributed by atoms with E-state index in [1.54, 1.807) is 0 Å². The summed E-state index contributed by atoms with van der Waals surface area (Å²) in [5.74, 6) is 0. The third-order valence-electron chi connectivity index (χ3n) is 5.41. The Balaban J connectivity index is 1.86. The summed E-state index contributed by atoms with van der Waals surface area (Å²) in [6.45, 7) is 6.22. The molecule has 0 spiro atoms. The van der Waals surface area contributed by atoms with Gasteiger partial charge in [-0.3, -0.25) is 9.59 Å². The van der Waals surface area contributed by atoms with Crippen molar-refractivity contribution in [3.05, 3.63) is 49.8 Å². The van der Waals surface area contributed by atoms with Gasteiger partial charge in [0.05, 0.1) is 0 Å². The van der Waals surface area contributed by atoms with Gasteiger partial charge in [0.1, 0.15) is 11.4 Å². The van der Waals surface area contributed by atoms with Gasteiger partial charge in [0.2, 0.25) is 0 Å². The van der Waals surface area contributed by atoms with Gasteiger partial charge in [-0.05, 0) is 50.8 Å². The lowest BCUT2D eigenvalue weighted by molar-refractivity contribution is 0.446. The topological polar surface area (TPSA) is 58.2 Å². The van der Waals surface area contributed by atoms with Crippen LogP contribution in [0.15, 0.2) is 27.8 Å². The van der Waals surface area contributed by atoms with Crippen LogP contribution in [0.4, 0.5) is 17.1 Å². The minimum absolute atomic E-state index is 0.100. The molecule has 0 aliphatic heterocycles. The fourth-order valence-electron chi connectivity index (χ4n) is 3.59. The van der Waals surface area contributed by atoms with Crippen LogP contribution in [0.1, 0.15) is 56.6 Å². The number of nitrogens with one attached hydrogen (secondary N) is 2. The molecule has 1 aliphatic rings. The fraction of sp³-hybridized carbons (Fsp3) is 0.500. The van der Waals surface area contributed by atoms with Crippen LogP contribution in [-0.4, -0.2) is 5.54 Å². The highest BCUT2D eigenvalue weighted by atomic mass is 16.2. The van der Waals surface area contributed by atoms with E-state index in [-0.39, 0.29) is 5.54 Å². The number of anilines is 3. The molecule has 1 fully saturated rings. The van der Waals surface area contributed by atoms with Crippen molar-refractivity contribution < 1.29 is 0 Å². The number of aryl methyl sites for hydroxylation is 1. The first-order valence-electron chi connectivity index (χ1n) is 8.86. The maximum atomic E-state index is 12.1. The SMILES string of the molecule is Cc1cccc(Nc2c(NC3(C)CCCCCC3)c(=O)c2=O)c1C. The van der Waals surface area contributed by atoms with Crippen LogP contribution in [0.5, 0.6) is 0 Å². The first-order chi connectivity index (χ1) is 11.4. The molecule has 2 N–H and O–H groups in total. The molecule has 0 saturated heterocycles.